The number of fused-ring (bicyclic) bond motifs is 1. The van der Waals surface area contributed by atoms with Crippen LogP contribution in [0.2, 0.25) is 0 Å². The third kappa shape index (κ3) is 4.88. The zero-order chi connectivity index (χ0) is 23.4. The highest BCUT2D eigenvalue weighted by Crippen LogP contribution is 2.32. The maximum atomic E-state index is 13.5. The number of rotatable bonds is 8. The topological polar surface area (TPSA) is 75.7 Å². The van der Waals surface area contributed by atoms with Crippen LogP contribution in [0.1, 0.15) is 36.1 Å². The first kappa shape index (κ1) is 22.9. The Hall–Kier alpha value is -3.32. The van der Waals surface area contributed by atoms with Gasteiger partial charge in [-0.3, -0.25) is 9.10 Å². The molecule has 7 heteroatoms. The number of sulfonamides is 1. The van der Waals surface area contributed by atoms with Crippen LogP contribution in [0, 0.1) is 0 Å². The van der Waals surface area contributed by atoms with E-state index >= 15 is 0 Å². The fraction of sp³-hybridized carbons (Fsp3) is 0.269. The summed E-state index contributed by atoms with van der Waals surface area (Å²) in [5.41, 5.74) is 4.02. The number of carbonyl (C=O) groups excluding carboxylic acids is 1. The molecule has 172 valence electrons. The molecule has 0 fully saturated rings. The maximum Gasteiger partial charge on any atom is 0.264 e. The largest absolute Gasteiger partial charge is 0.495 e. The van der Waals surface area contributed by atoms with Crippen LogP contribution in [0.4, 0.5) is 5.69 Å². The lowest BCUT2D eigenvalue weighted by Crippen LogP contribution is -2.41. The first-order chi connectivity index (χ1) is 15.9. The number of anilines is 1. The second-order valence-corrected chi connectivity index (χ2v) is 10.0. The number of amides is 1. The number of aryl methyl sites for hydroxylation is 2. The summed E-state index contributed by atoms with van der Waals surface area (Å²) in [5, 5.41) is 2.96. The Balaban J connectivity index is 1.60. The van der Waals surface area contributed by atoms with Gasteiger partial charge in [-0.2, -0.15) is 0 Å². The van der Waals surface area contributed by atoms with Gasteiger partial charge in [-0.1, -0.05) is 48.5 Å². The molecular formula is C26H28N2O4S. The SMILES string of the molecule is COc1ccccc1N(CC(=O)N[C@@H](C)c1ccc2c(c1)CCC2)S(=O)(=O)c1ccccc1. The number of carbonyl (C=O) groups is 1. The van der Waals surface area contributed by atoms with Crippen LogP contribution in [0.3, 0.4) is 0 Å². The van der Waals surface area contributed by atoms with Crippen LogP contribution >= 0.6 is 0 Å². The highest BCUT2D eigenvalue weighted by Gasteiger charge is 2.29. The van der Waals surface area contributed by atoms with Crippen molar-refractivity contribution in [2.45, 2.75) is 37.1 Å². The maximum absolute atomic E-state index is 13.5. The van der Waals surface area contributed by atoms with Crippen molar-refractivity contribution in [3.05, 3.63) is 89.5 Å². The number of nitrogens with one attached hydrogen (secondary N) is 1. The minimum absolute atomic E-state index is 0.107. The van der Waals surface area contributed by atoms with Gasteiger partial charge in [-0.25, -0.2) is 8.42 Å². The predicted molar refractivity (Wildman–Crippen MR) is 129 cm³/mol. The molecule has 0 aromatic heterocycles. The fourth-order valence-corrected chi connectivity index (χ4v) is 5.67. The van der Waals surface area contributed by atoms with Gasteiger partial charge in [-0.15, -0.1) is 0 Å². The predicted octanol–water partition coefficient (Wildman–Crippen LogP) is 4.26. The Morgan fingerprint density at radius 1 is 1.00 bits per heavy atom. The first-order valence-corrected chi connectivity index (χ1v) is 12.5. The van der Waals surface area contributed by atoms with E-state index in [1.165, 1.54) is 30.4 Å². The zero-order valence-electron chi connectivity index (χ0n) is 18.8. The van der Waals surface area contributed by atoms with E-state index in [1.54, 1.807) is 42.5 Å². The molecule has 0 radical (unpaired) electrons. The molecule has 1 amide bonds. The lowest BCUT2D eigenvalue weighted by molar-refractivity contribution is -0.120. The van der Waals surface area contributed by atoms with Crippen molar-refractivity contribution in [1.82, 2.24) is 5.32 Å². The number of nitrogens with zero attached hydrogens (tertiary/aromatic N) is 1. The molecule has 33 heavy (non-hydrogen) atoms. The van der Waals surface area contributed by atoms with Gasteiger partial charge >= 0.3 is 0 Å². The van der Waals surface area contributed by atoms with Crippen molar-refractivity contribution in [2.75, 3.05) is 18.0 Å². The molecule has 0 bridgehead atoms. The number of benzene rings is 3. The third-order valence-corrected chi connectivity index (χ3v) is 7.75. The van der Waals surface area contributed by atoms with Gasteiger partial charge in [0.25, 0.3) is 10.0 Å². The van der Waals surface area contributed by atoms with Crippen LogP contribution in [0.25, 0.3) is 0 Å². The van der Waals surface area contributed by atoms with E-state index in [4.69, 9.17) is 4.74 Å². The van der Waals surface area contributed by atoms with Crippen LogP contribution in [0.15, 0.2) is 77.7 Å². The van der Waals surface area contributed by atoms with Crippen LogP contribution in [0.5, 0.6) is 5.75 Å². The van der Waals surface area contributed by atoms with Gasteiger partial charge in [0.1, 0.15) is 12.3 Å². The number of hydrogen-bond acceptors (Lipinski definition) is 4. The standard InChI is InChI=1S/C26H28N2O4S/c1-19(21-16-15-20-9-8-10-22(20)17-21)27-26(29)18-28(24-13-6-7-14-25(24)32-2)33(30,31)23-11-4-3-5-12-23/h3-7,11-17,19H,8-10,18H2,1-2H3,(H,27,29)/t19-/m0/s1. The molecule has 0 saturated heterocycles. The highest BCUT2D eigenvalue weighted by atomic mass is 32.2. The quantitative estimate of drug-likeness (QED) is 0.541. The molecule has 1 aliphatic rings. The minimum Gasteiger partial charge on any atom is -0.495 e. The summed E-state index contributed by atoms with van der Waals surface area (Å²) in [6, 6.07) is 20.9. The Morgan fingerprint density at radius 3 is 2.45 bits per heavy atom. The second kappa shape index (κ2) is 9.67. The third-order valence-electron chi connectivity index (χ3n) is 5.97. The van der Waals surface area contributed by atoms with E-state index in [9.17, 15) is 13.2 Å². The molecule has 0 heterocycles. The molecule has 3 aromatic rings. The number of methoxy groups -OCH3 is 1. The van der Waals surface area contributed by atoms with E-state index in [-0.39, 0.29) is 17.5 Å². The normalized spacial score (nSPS) is 13.8. The Labute approximate surface area is 195 Å². The molecule has 1 aliphatic carbocycles. The highest BCUT2D eigenvalue weighted by molar-refractivity contribution is 7.92. The average Bonchev–Trinajstić information content (AvgIpc) is 3.31. The van der Waals surface area contributed by atoms with Gasteiger partial charge in [0.2, 0.25) is 5.91 Å². The summed E-state index contributed by atoms with van der Waals surface area (Å²) in [4.78, 5) is 13.2. The molecule has 0 unspecified atom stereocenters. The minimum atomic E-state index is -4.00. The molecule has 3 aromatic carbocycles. The van der Waals surface area contributed by atoms with Gasteiger partial charge in [0, 0.05) is 0 Å². The van der Waals surface area contributed by atoms with Gasteiger partial charge in [0.15, 0.2) is 0 Å². The van der Waals surface area contributed by atoms with Crippen LogP contribution < -0.4 is 14.4 Å². The van der Waals surface area contributed by atoms with E-state index < -0.39 is 15.9 Å². The smallest absolute Gasteiger partial charge is 0.264 e. The Bertz CT molecular complexity index is 1240. The van der Waals surface area contributed by atoms with Gasteiger partial charge < -0.3 is 10.1 Å². The average molecular weight is 465 g/mol. The number of para-hydroxylation sites is 2. The van der Waals surface area contributed by atoms with Gasteiger partial charge in [0.05, 0.1) is 23.7 Å². The molecular weight excluding hydrogens is 436 g/mol. The van der Waals surface area contributed by atoms with Crippen molar-refractivity contribution in [3.8, 4) is 5.75 Å². The molecule has 1 N–H and O–H groups in total. The molecule has 0 aliphatic heterocycles. The number of hydrogen-bond donors (Lipinski definition) is 1. The second-order valence-electron chi connectivity index (χ2n) is 8.17. The van der Waals surface area contributed by atoms with Crippen molar-refractivity contribution < 1.29 is 17.9 Å². The van der Waals surface area contributed by atoms with E-state index in [1.807, 2.05) is 13.0 Å². The summed E-state index contributed by atoms with van der Waals surface area (Å²) in [6.07, 6.45) is 3.31. The van der Waals surface area contributed by atoms with Crippen molar-refractivity contribution in [2.24, 2.45) is 0 Å². The lowest BCUT2D eigenvalue weighted by atomic mass is 10.0. The lowest BCUT2D eigenvalue weighted by Gasteiger charge is -2.26. The molecule has 6 nitrogen and oxygen atoms in total. The van der Waals surface area contributed by atoms with Crippen molar-refractivity contribution in [1.29, 1.82) is 0 Å². The van der Waals surface area contributed by atoms with Crippen LogP contribution in [-0.2, 0) is 27.7 Å². The van der Waals surface area contributed by atoms with Crippen LogP contribution in [-0.4, -0.2) is 28.0 Å². The molecule has 0 saturated carbocycles. The summed E-state index contributed by atoms with van der Waals surface area (Å²) < 4.78 is 33.5. The summed E-state index contributed by atoms with van der Waals surface area (Å²) in [7, 11) is -2.52. The fourth-order valence-electron chi connectivity index (χ4n) is 4.22. The summed E-state index contributed by atoms with van der Waals surface area (Å²) >= 11 is 0. The van der Waals surface area contributed by atoms with Gasteiger partial charge in [-0.05, 0) is 67.1 Å². The summed E-state index contributed by atoms with van der Waals surface area (Å²) in [5.74, 6) is -0.0233. The first-order valence-electron chi connectivity index (χ1n) is 11.0. The van der Waals surface area contributed by atoms with Crippen molar-refractivity contribution >= 4 is 21.6 Å². The monoisotopic (exact) mass is 464 g/mol. The Morgan fingerprint density at radius 2 is 1.70 bits per heavy atom. The zero-order valence-corrected chi connectivity index (χ0v) is 19.6. The van der Waals surface area contributed by atoms with E-state index in [0.717, 1.165) is 29.1 Å². The number of ether oxygens (including phenoxy) is 1. The van der Waals surface area contributed by atoms with E-state index in [2.05, 4.69) is 17.4 Å². The summed E-state index contributed by atoms with van der Waals surface area (Å²) in [6.45, 7) is 1.54. The molecule has 1 atom stereocenters. The molecule has 4 rings (SSSR count). The Kier molecular flexibility index (Phi) is 6.70. The molecule has 0 spiro atoms. The van der Waals surface area contributed by atoms with E-state index in [0.29, 0.717) is 11.4 Å². The van der Waals surface area contributed by atoms with Crippen molar-refractivity contribution in [3.63, 3.8) is 0 Å².